The van der Waals surface area contributed by atoms with Crippen LogP contribution in [0.1, 0.15) is 51.3 Å². The van der Waals surface area contributed by atoms with Gasteiger partial charge < -0.3 is 14.0 Å². The van der Waals surface area contributed by atoms with E-state index in [1.54, 1.807) is 0 Å². The van der Waals surface area contributed by atoms with Crippen molar-refractivity contribution in [3.8, 4) is 0 Å². The third kappa shape index (κ3) is 4.70. The third-order valence-electron chi connectivity index (χ3n) is 3.74. The van der Waals surface area contributed by atoms with Gasteiger partial charge in [-0.05, 0) is 50.2 Å². The SMILES string of the molecule is C[Si]OC(O[Si]C)(c1cc(CO)cc(C(C)(C)S)c1)C(C)(C)C. The maximum atomic E-state index is 9.68. The number of benzene rings is 1. The van der Waals surface area contributed by atoms with E-state index in [-0.39, 0.29) is 16.8 Å². The number of hydrogen-bond donors (Lipinski definition) is 2. The van der Waals surface area contributed by atoms with Crippen LogP contribution in [0.15, 0.2) is 18.2 Å². The van der Waals surface area contributed by atoms with Gasteiger partial charge in [0.25, 0.3) is 0 Å². The Kier molecular flexibility index (Phi) is 7.14. The van der Waals surface area contributed by atoms with Crippen molar-refractivity contribution >= 4 is 32.2 Å². The molecule has 0 aliphatic rings. The molecular weight excluding hydrogens is 340 g/mol. The minimum absolute atomic E-state index is 0.0201. The first-order chi connectivity index (χ1) is 10.5. The summed E-state index contributed by atoms with van der Waals surface area (Å²) in [5.41, 5.74) is 2.57. The monoisotopic (exact) mass is 368 g/mol. The third-order valence-corrected chi connectivity index (χ3v) is 4.98. The van der Waals surface area contributed by atoms with Crippen molar-refractivity contribution in [2.75, 3.05) is 0 Å². The van der Waals surface area contributed by atoms with Gasteiger partial charge in [-0.1, -0.05) is 26.8 Å². The highest BCUT2D eigenvalue weighted by Crippen LogP contribution is 2.45. The van der Waals surface area contributed by atoms with Gasteiger partial charge in [0, 0.05) is 15.7 Å². The van der Waals surface area contributed by atoms with Gasteiger partial charge in [-0.3, -0.25) is 0 Å². The van der Waals surface area contributed by atoms with Crippen LogP contribution >= 0.6 is 12.6 Å². The zero-order valence-electron chi connectivity index (χ0n) is 15.2. The highest BCUT2D eigenvalue weighted by Gasteiger charge is 2.45. The van der Waals surface area contributed by atoms with Gasteiger partial charge in [0.2, 0.25) is 19.5 Å². The lowest BCUT2D eigenvalue weighted by molar-refractivity contribution is -0.196. The molecule has 0 aliphatic carbocycles. The van der Waals surface area contributed by atoms with Crippen LogP contribution in [-0.2, 0) is 26.0 Å². The molecule has 6 heteroatoms. The van der Waals surface area contributed by atoms with Gasteiger partial charge in [-0.25, -0.2) is 0 Å². The fraction of sp³-hybridized carbons (Fsp3) is 0.647. The molecule has 0 aliphatic heterocycles. The smallest absolute Gasteiger partial charge is 0.230 e. The fourth-order valence-electron chi connectivity index (χ4n) is 2.49. The van der Waals surface area contributed by atoms with Gasteiger partial charge in [0.1, 0.15) is 0 Å². The Morgan fingerprint density at radius 2 is 1.43 bits per heavy atom. The molecule has 3 nitrogen and oxygen atoms in total. The second-order valence-corrected chi connectivity index (χ2v) is 9.46. The number of aliphatic hydroxyl groups excluding tert-OH is 1. The van der Waals surface area contributed by atoms with Crippen molar-refractivity contribution in [3.05, 3.63) is 34.9 Å². The summed E-state index contributed by atoms with van der Waals surface area (Å²) in [6, 6.07) is 6.07. The Morgan fingerprint density at radius 3 is 1.78 bits per heavy atom. The van der Waals surface area contributed by atoms with E-state index in [1.807, 2.05) is 39.1 Å². The van der Waals surface area contributed by atoms with Crippen LogP contribution in [-0.4, -0.2) is 24.6 Å². The highest BCUT2D eigenvalue weighted by atomic mass is 32.1. The summed E-state index contributed by atoms with van der Waals surface area (Å²) in [7, 11) is 0.594. The lowest BCUT2D eigenvalue weighted by Gasteiger charge is -2.45. The maximum absolute atomic E-state index is 9.68. The van der Waals surface area contributed by atoms with Crippen LogP contribution in [0.2, 0.25) is 13.1 Å². The molecule has 0 heterocycles. The van der Waals surface area contributed by atoms with Crippen LogP contribution in [0.5, 0.6) is 0 Å². The molecule has 1 N–H and O–H groups in total. The van der Waals surface area contributed by atoms with E-state index in [9.17, 15) is 5.11 Å². The first-order valence-corrected chi connectivity index (χ1v) is 11.0. The summed E-state index contributed by atoms with van der Waals surface area (Å²) in [6.45, 7) is 14.4. The van der Waals surface area contributed by atoms with Crippen molar-refractivity contribution in [2.45, 2.75) is 64.9 Å². The normalized spacial score (nSPS) is 13.4. The zero-order chi connectivity index (χ0) is 17.9. The van der Waals surface area contributed by atoms with Crippen LogP contribution in [0.25, 0.3) is 0 Å². The molecule has 0 unspecified atom stereocenters. The Morgan fingerprint density at radius 1 is 0.957 bits per heavy atom. The molecule has 1 aromatic carbocycles. The van der Waals surface area contributed by atoms with Gasteiger partial charge in [-0.15, -0.1) is 0 Å². The molecule has 0 bridgehead atoms. The van der Waals surface area contributed by atoms with Crippen molar-refractivity contribution in [1.82, 2.24) is 0 Å². The minimum atomic E-state index is -0.841. The van der Waals surface area contributed by atoms with Crippen LogP contribution in [0.4, 0.5) is 0 Å². The lowest BCUT2D eigenvalue weighted by atomic mass is 9.79. The molecule has 23 heavy (non-hydrogen) atoms. The van der Waals surface area contributed by atoms with Gasteiger partial charge >= 0.3 is 0 Å². The molecule has 128 valence electrons. The molecular formula is C17H28O3SSi2. The second kappa shape index (κ2) is 7.84. The number of thiol groups is 1. The van der Waals surface area contributed by atoms with E-state index >= 15 is 0 Å². The second-order valence-electron chi connectivity index (χ2n) is 7.11. The van der Waals surface area contributed by atoms with E-state index in [2.05, 4.69) is 26.8 Å². The molecule has 1 aromatic rings. The molecule has 4 radical (unpaired) electrons. The summed E-state index contributed by atoms with van der Waals surface area (Å²) < 4.78 is 12.1. The van der Waals surface area contributed by atoms with E-state index in [0.29, 0.717) is 19.5 Å². The molecule has 1 rings (SSSR count). The van der Waals surface area contributed by atoms with Crippen molar-refractivity contribution in [1.29, 1.82) is 0 Å². The average molecular weight is 369 g/mol. The first kappa shape index (κ1) is 20.9. The molecule has 0 fully saturated rings. The van der Waals surface area contributed by atoms with E-state index in [4.69, 9.17) is 21.5 Å². The summed E-state index contributed by atoms with van der Waals surface area (Å²) in [4.78, 5) is 0. The number of aliphatic hydroxyl groups is 1. The zero-order valence-corrected chi connectivity index (χ0v) is 18.0. The van der Waals surface area contributed by atoms with Crippen molar-refractivity contribution < 1.29 is 14.0 Å². The Bertz CT molecular complexity index is 516. The minimum Gasteiger partial charge on any atom is -0.392 e. The van der Waals surface area contributed by atoms with Crippen molar-refractivity contribution in [2.24, 2.45) is 5.41 Å². The molecule has 0 spiro atoms. The topological polar surface area (TPSA) is 38.7 Å². The maximum Gasteiger partial charge on any atom is 0.230 e. The summed E-state index contributed by atoms with van der Waals surface area (Å²) >= 11 is 4.69. The molecule has 0 atom stereocenters. The summed E-state index contributed by atoms with van der Waals surface area (Å²) in [5, 5.41) is 9.68. The van der Waals surface area contributed by atoms with Crippen LogP contribution in [0, 0.1) is 5.41 Å². The molecule has 0 amide bonds. The average Bonchev–Trinajstić information content (AvgIpc) is 2.44. The Labute approximate surface area is 151 Å². The van der Waals surface area contributed by atoms with Gasteiger partial charge in [0.15, 0.2) is 5.79 Å². The Hall–Kier alpha value is -0.116. The predicted octanol–water partition coefficient (Wildman–Crippen LogP) is 3.91. The van der Waals surface area contributed by atoms with Gasteiger partial charge in [0.05, 0.1) is 6.61 Å². The van der Waals surface area contributed by atoms with E-state index < -0.39 is 5.79 Å². The lowest BCUT2D eigenvalue weighted by Crippen LogP contribution is -2.46. The van der Waals surface area contributed by atoms with Gasteiger partial charge in [-0.2, -0.15) is 12.6 Å². The largest absolute Gasteiger partial charge is 0.392 e. The predicted molar refractivity (Wildman–Crippen MR) is 101 cm³/mol. The van der Waals surface area contributed by atoms with Crippen LogP contribution < -0.4 is 0 Å². The molecule has 0 saturated carbocycles. The fourth-order valence-corrected chi connectivity index (χ4v) is 4.21. The Balaban J connectivity index is 3.64. The highest BCUT2D eigenvalue weighted by molar-refractivity contribution is 7.81. The van der Waals surface area contributed by atoms with E-state index in [0.717, 1.165) is 16.7 Å². The number of rotatable bonds is 7. The number of hydrogen-bond acceptors (Lipinski definition) is 4. The summed E-state index contributed by atoms with van der Waals surface area (Å²) in [6.07, 6.45) is 0. The van der Waals surface area contributed by atoms with E-state index in [1.165, 1.54) is 0 Å². The van der Waals surface area contributed by atoms with Crippen LogP contribution in [0.3, 0.4) is 0 Å². The molecule has 0 saturated heterocycles. The standard InChI is InChI=1S/C17H28O3SSi2/c1-15(2,3)17(19-22-6,20-23-7)14-9-12(11-18)8-13(10-14)16(4,5)21/h8-10,18,21H,11H2,1-7H3. The summed E-state index contributed by atoms with van der Waals surface area (Å²) in [5.74, 6) is -0.841. The first-order valence-electron chi connectivity index (χ1n) is 7.69. The molecule has 0 aromatic heterocycles. The quantitative estimate of drug-likeness (QED) is 0.435. The van der Waals surface area contributed by atoms with Crippen molar-refractivity contribution in [3.63, 3.8) is 0 Å².